The molecule has 0 radical (unpaired) electrons. The maximum atomic E-state index is 12.8. The Morgan fingerprint density at radius 1 is 1.18 bits per heavy atom. The second-order valence-electron chi connectivity index (χ2n) is 5.48. The van der Waals surface area contributed by atoms with Gasteiger partial charge >= 0.3 is 6.18 Å². The van der Waals surface area contributed by atoms with Crippen LogP contribution >= 0.6 is 0 Å². The van der Waals surface area contributed by atoms with E-state index in [-0.39, 0.29) is 0 Å². The molecule has 0 atom stereocenters. The molecule has 3 rings (SSSR count). The van der Waals surface area contributed by atoms with Crippen LogP contribution in [-0.4, -0.2) is 21.7 Å². The van der Waals surface area contributed by atoms with E-state index in [0.717, 1.165) is 28.8 Å². The molecule has 22 heavy (non-hydrogen) atoms. The SMILES string of the molecule is Cc1cnnc(N2CCc3ncc(C(F)(F)F)cc3C2)c1C. The lowest BCUT2D eigenvalue weighted by molar-refractivity contribution is -0.137. The van der Waals surface area contributed by atoms with Gasteiger partial charge in [-0.3, -0.25) is 4.98 Å². The van der Waals surface area contributed by atoms with Crippen LogP contribution in [-0.2, 0) is 19.1 Å². The summed E-state index contributed by atoms with van der Waals surface area (Å²) in [6.07, 6.45) is -1.18. The molecule has 116 valence electrons. The lowest BCUT2D eigenvalue weighted by Crippen LogP contribution is -2.32. The normalized spacial score (nSPS) is 14.9. The fourth-order valence-corrected chi connectivity index (χ4v) is 2.58. The van der Waals surface area contributed by atoms with Crippen molar-refractivity contribution in [2.75, 3.05) is 11.4 Å². The first kappa shape index (κ1) is 14.7. The summed E-state index contributed by atoms with van der Waals surface area (Å²) >= 11 is 0. The highest BCUT2D eigenvalue weighted by molar-refractivity contribution is 5.50. The molecule has 0 fully saturated rings. The maximum Gasteiger partial charge on any atom is 0.417 e. The molecular weight excluding hydrogens is 293 g/mol. The zero-order valence-electron chi connectivity index (χ0n) is 12.3. The number of nitrogens with zero attached hydrogens (tertiary/aromatic N) is 4. The molecule has 2 aromatic rings. The third-order valence-corrected chi connectivity index (χ3v) is 4.00. The third-order valence-electron chi connectivity index (χ3n) is 4.00. The number of alkyl halides is 3. The summed E-state index contributed by atoms with van der Waals surface area (Å²) in [5, 5.41) is 8.09. The Kier molecular flexibility index (Phi) is 3.50. The lowest BCUT2D eigenvalue weighted by Gasteiger charge is -2.30. The van der Waals surface area contributed by atoms with Gasteiger partial charge in [0.05, 0.1) is 11.8 Å². The summed E-state index contributed by atoms with van der Waals surface area (Å²) < 4.78 is 38.5. The fourth-order valence-electron chi connectivity index (χ4n) is 2.58. The minimum Gasteiger partial charge on any atom is -0.350 e. The molecule has 0 amide bonds. The van der Waals surface area contributed by atoms with E-state index >= 15 is 0 Å². The van der Waals surface area contributed by atoms with Crippen LogP contribution in [0.4, 0.5) is 19.0 Å². The Balaban J connectivity index is 1.94. The monoisotopic (exact) mass is 308 g/mol. The van der Waals surface area contributed by atoms with E-state index in [1.165, 1.54) is 6.07 Å². The van der Waals surface area contributed by atoms with Crippen LogP contribution in [0.2, 0.25) is 0 Å². The molecule has 0 unspecified atom stereocenters. The molecule has 3 heterocycles. The Morgan fingerprint density at radius 3 is 2.68 bits per heavy atom. The molecule has 0 aromatic carbocycles. The minimum atomic E-state index is -4.37. The van der Waals surface area contributed by atoms with Gasteiger partial charge in [0.25, 0.3) is 0 Å². The van der Waals surface area contributed by atoms with Gasteiger partial charge in [-0.05, 0) is 36.6 Å². The number of hydrogen-bond donors (Lipinski definition) is 0. The van der Waals surface area contributed by atoms with Crippen molar-refractivity contribution in [3.63, 3.8) is 0 Å². The van der Waals surface area contributed by atoms with Crippen molar-refractivity contribution in [1.29, 1.82) is 0 Å². The summed E-state index contributed by atoms with van der Waals surface area (Å²) in [5.41, 5.74) is 2.63. The van der Waals surface area contributed by atoms with Crippen molar-refractivity contribution in [3.05, 3.63) is 46.4 Å². The number of anilines is 1. The van der Waals surface area contributed by atoms with Crippen molar-refractivity contribution in [2.24, 2.45) is 0 Å². The number of aromatic nitrogens is 3. The number of halogens is 3. The predicted molar refractivity (Wildman–Crippen MR) is 75.5 cm³/mol. The van der Waals surface area contributed by atoms with Gasteiger partial charge in [0.1, 0.15) is 0 Å². The predicted octanol–water partition coefficient (Wildman–Crippen LogP) is 3.07. The van der Waals surface area contributed by atoms with Gasteiger partial charge in [0.15, 0.2) is 5.82 Å². The topological polar surface area (TPSA) is 41.9 Å². The molecule has 1 aliphatic heterocycles. The molecule has 0 saturated heterocycles. The van der Waals surface area contributed by atoms with E-state index in [0.29, 0.717) is 25.1 Å². The third kappa shape index (κ3) is 2.63. The Hall–Kier alpha value is -2.18. The van der Waals surface area contributed by atoms with Crippen molar-refractivity contribution < 1.29 is 13.2 Å². The van der Waals surface area contributed by atoms with Crippen LogP contribution < -0.4 is 4.90 Å². The molecule has 0 N–H and O–H groups in total. The van der Waals surface area contributed by atoms with Gasteiger partial charge in [-0.2, -0.15) is 18.3 Å². The first-order valence-corrected chi connectivity index (χ1v) is 6.95. The molecule has 7 heteroatoms. The zero-order chi connectivity index (χ0) is 15.9. The number of hydrogen-bond acceptors (Lipinski definition) is 4. The van der Waals surface area contributed by atoms with Crippen molar-refractivity contribution in [3.8, 4) is 0 Å². The first-order chi connectivity index (χ1) is 10.4. The van der Waals surface area contributed by atoms with Gasteiger partial charge < -0.3 is 4.90 Å². The van der Waals surface area contributed by atoms with Crippen LogP contribution in [0.3, 0.4) is 0 Å². The van der Waals surface area contributed by atoms with Crippen molar-refractivity contribution in [2.45, 2.75) is 33.0 Å². The standard InChI is InChI=1S/C15H15F3N4/c1-9-6-20-21-14(10(9)2)22-4-3-13-11(8-22)5-12(7-19-13)15(16,17)18/h5-7H,3-4,8H2,1-2H3. The van der Waals surface area contributed by atoms with Crippen LogP contribution in [0.5, 0.6) is 0 Å². The quantitative estimate of drug-likeness (QED) is 0.812. The van der Waals surface area contributed by atoms with E-state index in [4.69, 9.17) is 0 Å². The van der Waals surface area contributed by atoms with E-state index in [1.54, 1.807) is 6.20 Å². The highest BCUT2D eigenvalue weighted by Gasteiger charge is 2.32. The van der Waals surface area contributed by atoms with Gasteiger partial charge in [0.2, 0.25) is 0 Å². The van der Waals surface area contributed by atoms with Crippen molar-refractivity contribution >= 4 is 5.82 Å². The van der Waals surface area contributed by atoms with Crippen LogP contribution in [0.15, 0.2) is 18.5 Å². The smallest absolute Gasteiger partial charge is 0.350 e. The average Bonchev–Trinajstić information content (AvgIpc) is 2.48. The van der Waals surface area contributed by atoms with E-state index in [1.807, 2.05) is 18.7 Å². The number of pyridine rings is 1. The van der Waals surface area contributed by atoms with Gasteiger partial charge in [-0.25, -0.2) is 0 Å². The molecule has 0 saturated carbocycles. The Labute approximate surface area is 126 Å². The number of rotatable bonds is 1. The summed E-state index contributed by atoms with van der Waals surface area (Å²) in [6, 6.07) is 1.19. The molecule has 0 bridgehead atoms. The summed E-state index contributed by atoms with van der Waals surface area (Å²) in [7, 11) is 0. The zero-order valence-corrected chi connectivity index (χ0v) is 12.3. The minimum absolute atomic E-state index is 0.366. The fraction of sp³-hybridized carbons (Fsp3) is 0.400. The van der Waals surface area contributed by atoms with Gasteiger partial charge in [0, 0.05) is 31.4 Å². The molecule has 2 aromatic heterocycles. The average molecular weight is 308 g/mol. The second kappa shape index (κ2) is 5.23. The van der Waals surface area contributed by atoms with Gasteiger partial charge in [-0.15, -0.1) is 5.10 Å². The Morgan fingerprint density at radius 2 is 1.95 bits per heavy atom. The van der Waals surface area contributed by atoms with E-state index < -0.39 is 11.7 Å². The molecule has 0 spiro atoms. The lowest BCUT2D eigenvalue weighted by atomic mass is 10.0. The summed E-state index contributed by atoms with van der Waals surface area (Å²) in [5.74, 6) is 0.725. The van der Waals surface area contributed by atoms with Gasteiger partial charge in [-0.1, -0.05) is 0 Å². The summed E-state index contributed by atoms with van der Waals surface area (Å²) in [6.45, 7) is 4.92. The number of aryl methyl sites for hydroxylation is 1. The number of fused-ring (bicyclic) bond motifs is 1. The molecule has 1 aliphatic rings. The second-order valence-corrected chi connectivity index (χ2v) is 5.48. The highest BCUT2D eigenvalue weighted by Crippen LogP contribution is 2.32. The largest absolute Gasteiger partial charge is 0.417 e. The summed E-state index contributed by atoms with van der Waals surface area (Å²) in [4.78, 5) is 5.93. The van der Waals surface area contributed by atoms with E-state index in [9.17, 15) is 13.2 Å². The maximum absolute atomic E-state index is 12.8. The van der Waals surface area contributed by atoms with E-state index in [2.05, 4.69) is 15.2 Å². The molecule has 4 nitrogen and oxygen atoms in total. The van der Waals surface area contributed by atoms with Crippen molar-refractivity contribution in [1.82, 2.24) is 15.2 Å². The molecule has 0 aliphatic carbocycles. The first-order valence-electron chi connectivity index (χ1n) is 6.95. The molecular formula is C15H15F3N4. The Bertz CT molecular complexity index is 712. The van der Waals surface area contributed by atoms with Crippen LogP contribution in [0.1, 0.15) is 27.9 Å². The van der Waals surface area contributed by atoms with Crippen LogP contribution in [0, 0.1) is 13.8 Å². The highest BCUT2D eigenvalue weighted by atomic mass is 19.4. The van der Waals surface area contributed by atoms with Crippen LogP contribution in [0.25, 0.3) is 0 Å².